The van der Waals surface area contributed by atoms with E-state index in [2.05, 4.69) is 266 Å². The van der Waals surface area contributed by atoms with E-state index in [4.69, 9.17) is 0 Å². The number of hydrogen-bond acceptors (Lipinski definition) is 0. The van der Waals surface area contributed by atoms with Gasteiger partial charge in [0, 0.05) is 10.8 Å². The van der Waals surface area contributed by atoms with E-state index in [0.29, 0.717) is 0 Å². The quantitative estimate of drug-likeness (QED) is 0.140. The Bertz CT molecular complexity index is 3980. The lowest BCUT2D eigenvalue weighted by Crippen LogP contribution is -2.15. The summed E-state index contributed by atoms with van der Waals surface area (Å²) in [6, 6.07) is 77.3. The van der Waals surface area contributed by atoms with E-state index in [1.807, 2.05) is 0 Å². The predicted octanol–water partition coefficient (Wildman–Crippen LogP) is 19.8. The Morgan fingerprint density at radius 2 is 0.662 bits per heavy atom. The third-order valence-corrected chi connectivity index (χ3v) is 16.2. The summed E-state index contributed by atoms with van der Waals surface area (Å²) in [6.07, 6.45) is 6.56. The van der Waals surface area contributed by atoms with Crippen molar-refractivity contribution >= 4 is 44.5 Å². The van der Waals surface area contributed by atoms with Gasteiger partial charge in [-0.3, -0.25) is 0 Å². The second kappa shape index (κ2) is 16.1. The van der Waals surface area contributed by atoms with Crippen molar-refractivity contribution in [2.45, 2.75) is 45.4 Å². The Hall–Kier alpha value is -8.32. The van der Waals surface area contributed by atoms with Crippen molar-refractivity contribution in [1.29, 1.82) is 0 Å². The standard InChI is InChI=1S/C71H54/c1-7-20-55-50(8-2)68(48-36-39-52-51-23-18-19-30-62(51)70(3,4)64(52)42-48)60-28-16-17-29-61(60)69(55)49-37-40-54-53-38-35-47(41-63(53)71(5,6)65(54)43-49)44-31-33-46(34-32-44)67-58-26-14-12-24-56(58)66(45-21-10-9-11-22-45)57-25-13-15-27-59(57)67/h7-43H,2H2,1,3-6H3/b20-7-. The van der Waals surface area contributed by atoms with Gasteiger partial charge in [-0.15, -0.1) is 0 Å². The fourth-order valence-corrected chi connectivity index (χ4v) is 12.8. The van der Waals surface area contributed by atoms with Crippen LogP contribution in [0.2, 0.25) is 0 Å². The Morgan fingerprint density at radius 1 is 0.310 bits per heavy atom. The van der Waals surface area contributed by atoms with E-state index in [1.54, 1.807) is 0 Å². The summed E-state index contributed by atoms with van der Waals surface area (Å²) >= 11 is 0. The summed E-state index contributed by atoms with van der Waals surface area (Å²) in [5, 5.41) is 7.57. The van der Waals surface area contributed by atoms with Crippen molar-refractivity contribution in [3.63, 3.8) is 0 Å². The number of fused-ring (bicyclic) bond motifs is 9. The van der Waals surface area contributed by atoms with Crippen LogP contribution >= 0.6 is 0 Å². The topological polar surface area (TPSA) is 0 Å². The summed E-state index contributed by atoms with van der Waals surface area (Å²) in [5.74, 6) is 0. The van der Waals surface area contributed by atoms with E-state index < -0.39 is 0 Å². The van der Waals surface area contributed by atoms with Gasteiger partial charge in [0.15, 0.2) is 0 Å². The maximum atomic E-state index is 4.50. The van der Waals surface area contributed by atoms with Crippen LogP contribution in [0.3, 0.4) is 0 Å². The number of benzene rings is 11. The van der Waals surface area contributed by atoms with E-state index in [1.165, 1.54) is 138 Å². The Kier molecular flexibility index (Phi) is 9.71. The van der Waals surface area contributed by atoms with Gasteiger partial charge < -0.3 is 0 Å². The molecule has 11 aromatic rings. The molecule has 2 aliphatic carbocycles. The van der Waals surface area contributed by atoms with Gasteiger partial charge >= 0.3 is 0 Å². The smallest absolute Gasteiger partial charge is 0.0159 e. The van der Waals surface area contributed by atoms with Gasteiger partial charge in [-0.25, -0.2) is 0 Å². The minimum atomic E-state index is -0.221. The highest BCUT2D eigenvalue weighted by Crippen LogP contribution is 2.54. The monoisotopic (exact) mass is 906 g/mol. The Morgan fingerprint density at radius 3 is 1.15 bits per heavy atom. The zero-order valence-electron chi connectivity index (χ0n) is 41.1. The second-order valence-electron chi connectivity index (χ2n) is 20.7. The molecule has 0 fully saturated rings. The molecule has 0 N–H and O–H groups in total. The zero-order valence-corrected chi connectivity index (χ0v) is 41.1. The van der Waals surface area contributed by atoms with Crippen molar-refractivity contribution in [2.75, 3.05) is 0 Å². The summed E-state index contributed by atoms with van der Waals surface area (Å²) in [4.78, 5) is 0. The van der Waals surface area contributed by atoms with Gasteiger partial charge in [0.25, 0.3) is 0 Å². The summed E-state index contributed by atoms with van der Waals surface area (Å²) in [5.41, 5.74) is 25.3. The minimum absolute atomic E-state index is 0.0968. The summed E-state index contributed by atoms with van der Waals surface area (Å²) in [6.45, 7) is 16.2. The van der Waals surface area contributed by atoms with Crippen molar-refractivity contribution in [2.24, 2.45) is 0 Å². The highest BCUT2D eigenvalue weighted by atomic mass is 14.4. The van der Waals surface area contributed by atoms with Gasteiger partial charge in [-0.2, -0.15) is 0 Å². The van der Waals surface area contributed by atoms with Crippen molar-refractivity contribution in [3.8, 4) is 77.9 Å². The Balaban J connectivity index is 0.890. The average molecular weight is 907 g/mol. The lowest BCUT2D eigenvalue weighted by Gasteiger charge is -2.25. The summed E-state index contributed by atoms with van der Waals surface area (Å²) < 4.78 is 0. The molecule has 338 valence electrons. The maximum absolute atomic E-state index is 4.50. The van der Waals surface area contributed by atoms with Gasteiger partial charge in [-0.05, 0) is 169 Å². The van der Waals surface area contributed by atoms with Crippen molar-refractivity contribution in [1.82, 2.24) is 0 Å². The van der Waals surface area contributed by atoms with Crippen LogP contribution in [0.1, 0.15) is 68.0 Å². The van der Waals surface area contributed by atoms with Crippen LogP contribution in [-0.4, -0.2) is 0 Å². The normalized spacial score (nSPS) is 13.9. The first-order valence-corrected chi connectivity index (χ1v) is 25.2. The maximum Gasteiger partial charge on any atom is 0.0159 e. The molecule has 0 saturated heterocycles. The molecule has 13 rings (SSSR count). The summed E-state index contributed by atoms with van der Waals surface area (Å²) in [7, 11) is 0. The lowest BCUT2D eigenvalue weighted by atomic mass is 9.78. The van der Waals surface area contributed by atoms with E-state index >= 15 is 0 Å². The molecule has 11 aromatic carbocycles. The second-order valence-corrected chi connectivity index (χ2v) is 20.7. The molecule has 0 heteroatoms. The molecular formula is C71H54. The van der Waals surface area contributed by atoms with Crippen LogP contribution in [0, 0.1) is 0 Å². The SMILES string of the molecule is C=Cc1c(/C=C\C)c(-c2ccc3c(c2)C(C)(C)c2cc(-c4ccc(-c5c6ccccc6c(-c6ccccc6)c6ccccc56)cc4)ccc2-3)c2ccccc2c1-c1ccc2c(c1)C(C)(C)c1ccccc1-2. The van der Waals surface area contributed by atoms with Gasteiger partial charge in [0.05, 0.1) is 0 Å². The van der Waals surface area contributed by atoms with Crippen LogP contribution in [0.15, 0.2) is 219 Å². The molecule has 0 heterocycles. The largest absolute Gasteiger partial charge is 0.0984 e. The molecule has 2 aliphatic rings. The molecule has 0 amide bonds. The third kappa shape index (κ3) is 6.37. The fourth-order valence-electron chi connectivity index (χ4n) is 12.8. The lowest BCUT2D eigenvalue weighted by molar-refractivity contribution is 0.660. The first-order valence-electron chi connectivity index (χ1n) is 25.2. The molecule has 0 nitrogen and oxygen atoms in total. The zero-order chi connectivity index (χ0) is 48.2. The number of hydrogen-bond donors (Lipinski definition) is 0. The molecule has 0 aromatic heterocycles. The van der Waals surface area contributed by atoms with Crippen LogP contribution in [0.25, 0.3) is 122 Å². The molecule has 0 atom stereocenters. The highest BCUT2D eigenvalue weighted by molar-refractivity contribution is 6.21. The molecule has 71 heavy (non-hydrogen) atoms. The molecule has 0 radical (unpaired) electrons. The molecule has 0 unspecified atom stereocenters. The Labute approximate surface area is 417 Å². The van der Waals surface area contributed by atoms with Gasteiger partial charge in [0.1, 0.15) is 0 Å². The fraction of sp³-hybridized carbons (Fsp3) is 0.0986. The van der Waals surface area contributed by atoms with Gasteiger partial charge in [-0.1, -0.05) is 241 Å². The molecular weight excluding hydrogens is 853 g/mol. The van der Waals surface area contributed by atoms with Crippen LogP contribution in [0.4, 0.5) is 0 Å². The first-order chi connectivity index (χ1) is 34.7. The van der Waals surface area contributed by atoms with E-state index in [-0.39, 0.29) is 10.8 Å². The first kappa shape index (κ1) is 42.8. The molecule has 0 bridgehead atoms. The predicted molar refractivity (Wildman–Crippen MR) is 306 cm³/mol. The number of rotatable bonds is 7. The van der Waals surface area contributed by atoms with E-state index in [9.17, 15) is 0 Å². The molecule has 0 spiro atoms. The minimum Gasteiger partial charge on any atom is -0.0984 e. The van der Waals surface area contributed by atoms with Crippen LogP contribution in [-0.2, 0) is 10.8 Å². The van der Waals surface area contributed by atoms with Crippen molar-refractivity contribution in [3.05, 3.63) is 252 Å². The van der Waals surface area contributed by atoms with Crippen LogP contribution < -0.4 is 0 Å². The molecule has 0 aliphatic heterocycles. The molecule has 0 saturated carbocycles. The highest BCUT2D eigenvalue weighted by Gasteiger charge is 2.38. The van der Waals surface area contributed by atoms with Crippen LogP contribution in [0.5, 0.6) is 0 Å². The van der Waals surface area contributed by atoms with E-state index in [0.717, 1.165) is 5.56 Å². The third-order valence-electron chi connectivity index (χ3n) is 16.2. The van der Waals surface area contributed by atoms with Crippen molar-refractivity contribution < 1.29 is 0 Å². The average Bonchev–Trinajstić information content (AvgIpc) is 3.78. The van der Waals surface area contributed by atoms with Gasteiger partial charge in [0.2, 0.25) is 0 Å². The number of allylic oxidation sites excluding steroid dienone is 1.